The minimum Gasteiger partial charge on any atom is -0.295 e. The molecule has 1 nitrogen and oxygen atoms in total. The maximum Gasteiger partial charge on any atom is 0.152 e. The predicted molar refractivity (Wildman–Crippen MR) is 65.1 cm³/mol. The Bertz CT molecular complexity index is 302. The molecule has 0 spiro atoms. The van der Waals surface area contributed by atoms with Crippen LogP contribution in [-0.4, -0.2) is 11.2 Å². The van der Waals surface area contributed by atoms with E-state index in [4.69, 9.17) is 11.6 Å². The molecule has 0 heterocycles. The Morgan fingerprint density at radius 2 is 2.20 bits per heavy atom. The number of alkyl halides is 1. The van der Waals surface area contributed by atoms with Crippen LogP contribution in [0, 0.1) is 11.3 Å². The molecule has 1 saturated carbocycles. The molecule has 0 aliphatic heterocycles. The van der Waals surface area contributed by atoms with Gasteiger partial charge in [-0.1, -0.05) is 32.1 Å². The molecule has 0 aromatic heterocycles. The van der Waals surface area contributed by atoms with Gasteiger partial charge in [-0.05, 0) is 31.3 Å². The van der Waals surface area contributed by atoms with Gasteiger partial charge in [0.2, 0.25) is 0 Å². The first-order chi connectivity index (χ1) is 6.84. The van der Waals surface area contributed by atoms with Crippen LogP contribution in [0.3, 0.4) is 0 Å². The number of rotatable bonds is 2. The fourth-order valence-corrected chi connectivity index (χ4v) is 2.40. The van der Waals surface area contributed by atoms with Crippen molar-refractivity contribution in [2.45, 2.75) is 39.0 Å². The van der Waals surface area contributed by atoms with Crippen LogP contribution in [0.15, 0.2) is 24.3 Å². The summed E-state index contributed by atoms with van der Waals surface area (Å²) in [5.74, 6) is 0.299. The molecule has 0 aromatic rings. The first-order valence-corrected chi connectivity index (χ1v) is 5.80. The van der Waals surface area contributed by atoms with Gasteiger partial charge in [-0.25, -0.2) is 0 Å². The molecular formula is C13H19ClO. The minimum absolute atomic E-state index is 0.0552. The van der Waals surface area contributed by atoms with Gasteiger partial charge in [-0.15, -0.1) is 11.6 Å². The van der Waals surface area contributed by atoms with Crippen LogP contribution in [0.1, 0.15) is 33.6 Å². The number of hydrogen-bond acceptors (Lipinski definition) is 1. The van der Waals surface area contributed by atoms with Gasteiger partial charge >= 0.3 is 0 Å². The number of halogens is 1. The molecule has 0 N–H and O–H groups in total. The molecule has 1 aliphatic carbocycles. The lowest BCUT2D eigenvalue weighted by Crippen LogP contribution is -2.33. The van der Waals surface area contributed by atoms with E-state index in [9.17, 15) is 4.79 Å². The van der Waals surface area contributed by atoms with E-state index in [0.29, 0.717) is 0 Å². The van der Waals surface area contributed by atoms with Crippen molar-refractivity contribution in [3.63, 3.8) is 0 Å². The Morgan fingerprint density at radius 3 is 2.73 bits per heavy atom. The highest BCUT2D eigenvalue weighted by atomic mass is 35.5. The molecular weight excluding hydrogens is 208 g/mol. The molecule has 0 radical (unpaired) electrons. The first kappa shape index (κ1) is 12.5. The molecule has 1 fully saturated rings. The van der Waals surface area contributed by atoms with Crippen LogP contribution in [0.2, 0.25) is 0 Å². The fourth-order valence-electron chi connectivity index (χ4n) is 2.15. The molecule has 0 bridgehead atoms. The van der Waals surface area contributed by atoms with Gasteiger partial charge in [-0.2, -0.15) is 0 Å². The maximum absolute atomic E-state index is 10.9. The standard InChI is InChI=1S/C13H19ClO/c1-9(15)5-6-11-10(2)12(14)7-8-13(11,3)4/h5-6,11-12H,2,7-8H2,1,3-4H3/b6-5+. The molecule has 2 unspecified atom stereocenters. The zero-order valence-corrected chi connectivity index (χ0v) is 10.5. The monoisotopic (exact) mass is 226 g/mol. The molecule has 0 saturated heterocycles. The third-order valence-corrected chi connectivity index (χ3v) is 3.71. The Morgan fingerprint density at radius 1 is 1.60 bits per heavy atom. The van der Waals surface area contributed by atoms with Crippen molar-refractivity contribution in [1.82, 2.24) is 0 Å². The highest BCUT2D eigenvalue weighted by Crippen LogP contribution is 2.45. The van der Waals surface area contributed by atoms with Gasteiger partial charge in [0.15, 0.2) is 5.78 Å². The third-order valence-electron chi connectivity index (χ3n) is 3.21. The second kappa shape index (κ2) is 4.52. The molecule has 15 heavy (non-hydrogen) atoms. The summed E-state index contributed by atoms with van der Waals surface area (Å²) in [5.41, 5.74) is 1.21. The van der Waals surface area contributed by atoms with Crippen molar-refractivity contribution in [2.75, 3.05) is 0 Å². The Labute approximate surface area is 97.2 Å². The number of carbonyl (C=O) groups is 1. The molecule has 1 rings (SSSR count). The van der Waals surface area contributed by atoms with E-state index in [-0.39, 0.29) is 22.5 Å². The highest BCUT2D eigenvalue weighted by Gasteiger charge is 2.36. The van der Waals surface area contributed by atoms with Gasteiger partial charge in [-0.3, -0.25) is 4.79 Å². The summed E-state index contributed by atoms with van der Waals surface area (Å²) in [5, 5.41) is 0.0552. The van der Waals surface area contributed by atoms with Crippen molar-refractivity contribution in [1.29, 1.82) is 0 Å². The average molecular weight is 227 g/mol. The number of hydrogen-bond donors (Lipinski definition) is 0. The topological polar surface area (TPSA) is 17.1 Å². The lowest BCUT2D eigenvalue weighted by atomic mass is 9.66. The Kier molecular flexibility index (Phi) is 3.77. The van der Waals surface area contributed by atoms with E-state index in [0.717, 1.165) is 18.4 Å². The smallest absolute Gasteiger partial charge is 0.152 e. The molecule has 2 heteroatoms. The van der Waals surface area contributed by atoms with E-state index in [2.05, 4.69) is 20.4 Å². The maximum atomic E-state index is 10.9. The SMILES string of the molecule is C=C1C(Cl)CCC(C)(C)C1/C=C/C(C)=O. The van der Waals surface area contributed by atoms with Crippen molar-refractivity contribution in [2.24, 2.45) is 11.3 Å². The second-order valence-electron chi connectivity index (χ2n) is 5.02. The van der Waals surface area contributed by atoms with Crippen LogP contribution >= 0.6 is 11.6 Å². The van der Waals surface area contributed by atoms with Crippen molar-refractivity contribution in [3.05, 3.63) is 24.3 Å². The molecule has 0 amide bonds. The number of ketones is 1. The van der Waals surface area contributed by atoms with Gasteiger partial charge in [0.25, 0.3) is 0 Å². The summed E-state index contributed by atoms with van der Waals surface area (Å²) in [6, 6.07) is 0. The van der Waals surface area contributed by atoms with E-state index < -0.39 is 0 Å². The minimum atomic E-state index is 0.0552. The van der Waals surface area contributed by atoms with E-state index >= 15 is 0 Å². The first-order valence-electron chi connectivity index (χ1n) is 5.36. The van der Waals surface area contributed by atoms with Crippen LogP contribution in [-0.2, 0) is 4.79 Å². The summed E-state index contributed by atoms with van der Waals surface area (Å²) in [6.07, 6.45) is 5.65. The molecule has 84 valence electrons. The van der Waals surface area contributed by atoms with Crippen molar-refractivity contribution < 1.29 is 4.79 Å². The van der Waals surface area contributed by atoms with Crippen LogP contribution in [0.25, 0.3) is 0 Å². The summed E-state index contributed by atoms with van der Waals surface area (Å²) < 4.78 is 0. The van der Waals surface area contributed by atoms with Gasteiger partial charge in [0, 0.05) is 5.92 Å². The normalized spacial score (nSPS) is 30.8. The largest absolute Gasteiger partial charge is 0.295 e. The van der Waals surface area contributed by atoms with Crippen molar-refractivity contribution in [3.8, 4) is 0 Å². The number of allylic oxidation sites excluding steroid dienone is 3. The Balaban J connectivity index is 2.88. The average Bonchev–Trinajstić information content (AvgIpc) is 2.11. The fraction of sp³-hybridized carbons (Fsp3) is 0.615. The van der Waals surface area contributed by atoms with E-state index in [1.165, 1.54) is 0 Å². The van der Waals surface area contributed by atoms with Crippen LogP contribution in [0.5, 0.6) is 0 Å². The molecule has 1 aliphatic rings. The third kappa shape index (κ3) is 2.94. The molecule has 2 atom stereocenters. The van der Waals surface area contributed by atoms with Crippen LogP contribution in [0.4, 0.5) is 0 Å². The summed E-state index contributed by atoms with van der Waals surface area (Å²) in [4.78, 5) is 10.9. The number of carbonyl (C=O) groups excluding carboxylic acids is 1. The van der Waals surface area contributed by atoms with E-state index in [1.54, 1.807) is 13.0 Å². The zero-order valence-electron chi connectivity index (χ0n) is 9.72. The highest BCUT2D eigenvalue weighted by molar-refractivity contribution is 6.22. The van der Waals surface area contributed by atoms with Gasteiger partial charge in [0.1, 0.15) is 0 Å². The lowest BCUT2D eigenvalue weighted by Gasteiger charge is -2.40. The zero-order chi connectivity index (χ0) is 11.6. The molecule has 0 aromatic carbocycles. The van der Waals surface area contributed by atoms with Gasteiger partial charge in [0.05, 0.1) is 5.38 Å². The predicted octanol–water partition coefficient (Wildman–Crippen LogP) is 3.73. The quantitative estimate of drug-likeness (QED) is 0.398. The summed E-state index contributed by atoms with van der Waals surface area (Å²) >= 11 is 6.19. The van der Waals surface area contributed by atoms with Gasteiger partial charge < -0.3 is 0 Å². The Hall–Kier alpha value is -0.560. The van der Waals surface area contributed by atoms with Crippen LogP contribution < -0.4 is 0 Å². The van der Waals surface area contributed by atoms with Crippen molar-refractivity contribution >= 4 is 17.4 Å². The summed E-state index contributed by atoms with van der Waals surface area (Å²) in [7, 11) is 0. The lowest BCUT2D eigenvalue weighted by molar-refractivity contribution is -0.112. The second-order valence-corrected chi connectivity index (χ2v) is 5.54. The summed E-state index contributed by atoms with van der Waals surface area (Å²) in [6.45, 7) is 10.0. The van der Waals surface area contributed by atoms with E-state index in [1.807, 2.05) is 6.08 Å².